The van der Waals surface area contributed by atoms with Crippen LogP contribution in [0.15, 0.2) is 47.6 Å². The van der Waals surface area contributed by atoms with E-state index in [1.54, 1.807) is 25.1 Å². The van der Waals surface area contributed by atoms with E-state index in [9.17, 15) is 4.79 Å². The van der Waals surface area contributed by atoms with Crippen molar-refractivity contribution in [2.75, 3.05) is 18.3 Å². The number of hydrogen-bond donors (Lipinski definition) is 2. The van der Waals surface area contributed by atoms with Gasteiger partial charge in [-0.15, -0.1) is 10.2 Å². The molecule has 1 aromatic heterocycles. The van der Waals surface area contributed by atoms with Crippen molar-refractivity contribution in [3.8, 4) is 17.1 Å². The Morgan fingerprint density at radius 2 is 1.96 bits per heavy atom. The Bertz CT molecular complexity index is 990. The Morgan fingerprint density at radius 3 is 2.61 bits per heavy atom. The summed E-state index contributed by atoms with van der Waals surface area (Å²) in [6.07, 6.45) is 0. The Morgan fingerprint density at radius 1 is 1.25 bits per heavy atom. The molecule has 0 bridgehead atoms. The molecule has 2 aromatic carbocycles. The van der Waals surface area contributed by atoms with Crippen LogP contribution in [0.5, 0.6) is 5.75 Å². The first-order valence-electron chi connectivity index (χ1n) is 8.47. The van der Waals surface area contributed by atoms with Crippen molar-refractivity contribution < 1.29 is 9.53 Å². The third-order valence-corrected chi connectivity index (χ3v) is 5.40. The smallest absolute Gasteiger partial charge is 0.237 e. The summed E-state index contributed by atoms with van der Waals surface area (Å²) in [6, 6.07) is 12.9. The highest BCUT2D eigenvalue weighted by Gasteiger charge is 2.20. The van der Waals surface area contributed by atoms with E-state index in [1.807, 2.05) is 31.2 Å². The largest absolute Gasteiger partial charge is 0.495 e. The molecule has 0 aliphatic carbocycles. The molecule has 0 aliphatic rings. The van der Waals surface area contributed by atoms with Crippen molar-refractivity contribution in [3.63, 3.8) is 0 Å². The van der Waals surface area contributed by atoms with Crippen molar-refractivity contribution >= 4 is 35.0 Å². The molecule has 0 unspecified atom stereocenters. The fraction of sp³-hybridized carbons (Fsp3) is 0.211. The minimum Gasteiger partial charge on any atom is -0.495 e. The van der Waals surface area contributed by atoms with Crippen LogP contribution in [0.2, 0.25) is 5.02 Å². The normalized spacial score (nSPS) is 11.9. The van der Waals surface area contributed by atoms with Gasteiger partial charge >= 0.3 is 0 Å². The molecule has 3 N–H and O–H groups in total. The molecular formula is C19H20ClN5O2S. The summed E-state index contributed by atoms with van der Waals surface area (Å²) in [5.74, 6) is 7.01. The van der Waals surface area contributed by atoms with E-state index >= 15 is 0 Å². The zero-order chi connectivity index (χ0) is 20.3. The van der Waals surface area contributed by atoms with Crippen molar-refractivity contribution in [1.82, 2.24) is 14.9 Å². The molecule has 28 heavy (non-hydrogen) atoms. The molecule has 146 valence electrons. The van der Waals surface area contributed by atoms with Crippen LogP contribution in [0.1, 0.15) is 12.5 Å². The standard InChI is InChI=1S/C19H20ClN5O2S/c1-11-4-6-13(7-5-11)17-23-24-19(25(17)21)28-12(2)18(26)22-14-8-9-16(27-3)15(20)10-14/h4-10,12H,21H2,1-3H3,(H,22,26)/t12-/m1/s1. The molecule has 9 heteroatoms. The number of nitrogens with two attached hydrogens (primary N) is 1. The highest BCUT2D eigenvalue weighted by molar-refractivity contribution is 8.00. The summed E-state index contributed by atoms with van der Waals surface area (Å²) < 4.78 is 6.50. The first-order chi connectivity index (χ1) is 13.4. The number of benzene rings is 2. The number of nitrogens with one attached hydrogen (secondary N) is 1. The molecule has 1 heterocycles. The lowest BCUT2D eigenvalue weighted by atomic mass is 10.1. The maximum absolute atomic E-state index is 12.5. The molecule has 3 rings (SSSR count). The number of nitrogen functional groups attached to an aromatic ring is 1. The lowest BCUT2D eigenvalue weighted by Crippen LogP contribution is -2.23. The third-order valence-electron chi connectivity index (χ3n) is 4.05. The number of methoxy groups -OCH3 is 1. The number of thioether (sulfide) groups is 1. The Labute approximate surface area is 172 Å². The molecule has 0 saturated heterocycles. The zero-order valence-corrected chi connectivity index (χ0v) is 17.2. The van der Waals surface area contributed by atoms with Crippen LogP contribution in [0.3, 0.4) is 0 Å². The molecule has 0 saturated carbocycles. The lowest BCUT2D eigenvalue weighted by molar-refractivity contribution is -0.115. The Hall–Kier alpha value is -2.71. The van der Waals surface area contributed by atoms with E-state index in [1.165, 1.54) is 23.5 Å². The maximum Gasteiger partial charge on any atom is 0.237 e. The summed E-state index contributed by atoms with van der Waals surface area (Å²) in [5, 5.41) is 11.5. The SMILES string of the molecule is COc1ccc(NC(=O)[C@@H](C)Sc2nnc(-c3ccc(C)cc3)n2N)cc1Cl. The molecule has 0 fully saturated rings. The van der Waals surface area contributed by atoms with Gasteiger partial charge in [0.05, 0.1) is 17.4 Å². The quantitative estimate of drug-likeness (QED) is 0.468. The summed E-state index contributed by atoms with van der Waals surface area (Å²) in [5.41, 5.74) is 2.58. The van der Waals surface area contributed by atoms with Crippen molar-refractivity contribution in [2.45, 2.75) is 24.3 Å². The van der Waals surface area contributed by atoms with E-state index in [-0.39, 0.29) is 5.91 Å². The summed E-state index contributed by atoms with van der Waals surface area (Å²) >= 11 is 7.32. The van der Waals surface area contributed by atoms with Gasteiger partial charge in [0.1, 0.15) is 5.75 Å². The Kier molecular flexibility index (Phi) is 6.11. The molecule has 1 atom stereocenters. The van der Waals surface area contributed by atoms with Gasteiger partial charge in [0.15, 0.2) is 5.82 Å². The minimum atomic E-state index is -0.446. The topological polar surface area (TPSA) is 95.1 Å². The van der Waals surface area contributed by atoms with Crippen LogP contribution in [0.25, 0.3) is 11.4 Å². The number of rotatable bonds is 6. The number of aromatic nitrogens is 3. The summed E-state index contributed by atoms with van der Waals surface area (Å²) in [7, 11) is 1.53. The molecule has 7 nitrogen and oxygen atoms in total. The van der Waals surface area contributed by atoms with Gasteiger partial charge in [-0.2, -0.15) is 0 Å². The summed E-state index contributed by atoms with van der Waals surface area (Å²) in [4.78, 5) is 12.5. The predicted molar refractivity (Wildman–Crippen MR) is 112 cm³/mol. The van der Waals surface area contributed by atoms with Crippen molar-refractivity contribution in [1.29, 1.82) is 0 Å². The number of carbonyl (C=O) groups is 1. The van der Waals surface area contributed by atoms with Gasteiger partial charge < -0.3 is 15.9 Å². The van der Waals surface area contributed by atoms with Gasteiger partial charge in [0, 0.05) is 11.3 Å². The number of anilines is 1. The van der Waals surface area contributed by atoms with Crippen LogP contribution in [-0.2, 0) is 4.79 Å². The number of aryl methyl sites for hydroxylation is 1. The van der Waals surface area contributed by atoms with E-state index in [0.29, 0.717) is 27.4 Å². The Balaban J connectivity index is 1.69. The number of amides is 1. The monoisotopic (exact) mass is 417 g/mol. The van der Waals surface area contributed by atoms with Crippen LogP contribution in [0.4, 0.5) is 5.69 Å². The number of hydrogen-bond acceptors (Lipinski definition) is 6. The van der Waals surface area contributed by atoms with E-state index < -0.39 is 5.25 Å². The average molecular weight is 418 g/mol. The van der Waals surface area contributed by atoms with E-state index in [2.05, 4.69) is 15.5 Å². The molecular weight excluding hydrogens is 398 g/mol. The van der Waals surface area contributed by atoms with E-state index in [4.69, 9.17) is 22.2 Å². The van der Waals surface area contributed by atoms with Crippen LogP contribution < -0.4 is 15.9 Å². The van der Waals surface area contributed by atoms with Gasteiger partial charge in [-0.1, -0.05) is 53.2 Å². The first-order valence-corrected chi connectivity index (χ1v) is 9.73. The lowest BCUT2D eigenvalue weighted by Gasteiger charge is -2.12. The number of halogens is 1. The number of carbonyl (C=O) groups excluding carboxylic acids is 1. The molecule has 0 spiro atoms. The van der Waals surface area contributed by atoms with Crippen LogP contribution in [-0.4, -0.2) is 33.1 Å². The van der Waals surface area contributed by atoms with Crippen molar-refractivity contribution in [3.05, 3.63) is 53.1 Å². The van der Waals surface area contributed by atoms with Gasteiger partial charge in [-0.25, -0.2) is 4.68 Å². The van der Waals surface area contributed by atoms with E-state index in [0.717, 1.165) is 11.1 Å². The fourth-order valence-electron chi connectivity index (χ4n) is 2.46. The fourth-order valence-corrected chi connectivity index (χ4v) is 3.48. The maximum atomic E-state index is 12.5. The number of nitrogens with zero attached hydrogens (tertiary/aromatic N) is 3. The summed E-state index contributed by atoms with van der Waals surface area (Å²) in [6.45, 7) is 3.78. The van der Waals surface area contributed by atoms with Gasteiger partial charge in [0.2, 0.25) is 11.1 Å². The zero-order valence-electron chi connectivity index (χ0n) is 15.6. The van der Waals surface area contributed by atoms with Crippen LogP contribution >= 0.6 is 23.4 Å². The second kappa shape index (κ2) is 8.53. The molecule has 0 radical (unpaired) electrons. The van der Waals surface area contributed by atoms with Gasteiger partial charge in [-0.3, -0.25) is 4.79 Å². The molecule has 0 aliphatic heterocycles. The average Bonchev–Trinajstić information content (AvgIpc) is 3.03. The molecule has 3 aromatic rings. The number of ether oxygens (including phenoxy) is 1. The second-order valence-electron chi connectivity index (χ2n) is 6.14. The molecule has 1 amide bonds. The van der Waals surface area contributed by atoms with Gasteiger partial charge in [-0.05, 0) is 32.0 Å². The second-order valence-corrected chi connectivity index (χ2v) is 7.86. The predicted octanol–water partition coefficient (Wildman–Crippen LogP) is 3.75. The van der Waals surface area contributed by atoms with Crippen LogP contribution in [0, 0.1) is 6.92 Å². The highest BCUT2D eigenvalue weighted by atomic mass is 35.5. The van der Waals surface area contributed by atoms with Gasteiger partial charge in [0.25, 0.3) is 0 Å². The minimum absolute atomic E-state index is 0.203. The first kappa shape index (κ1) is 20.0. The highest BCUT2D eigenvalue weighted by Crippen LogP contribution is 2.29. The van der Waals surface area contributed by atoms with Crippen molar-refractivity contribution in [2.24, 2.45) is 0 Å². The third kappa shape index (κ3) is 4.40.